The highest BCUT2D eigenvalue weighted by molar-refractivity contribution is 5.98. The van der Waals surface area contributed by atoms with Crippen LogP contribution in [0.2, 0.25) is 0 Å². The summed E-state index contributed by atoms with van der Waals surface area (Å²) in [5.41, 5.74) is 2.83. The number of anilines is 4. The Kier molecular flexibility index (Phi) is 10.2. The Morgan fingerprint density at radius 2 is 1.64 bits per heavy atom. The molecule has 0 aliphatic rings. The van der Waals surface area contributed by atoms with Gasteiger partial charge < -0.3 is 19.7 Å². The number of hydrogen-bond acceptors (Lipinski definition) is 7. The van der Waals surface area contributed by atoms with Crippen molar-refractivity contribution in [3.63, 3.8) is 0 Å². The number of hydrogen-bond donors (Lipinski definition) is 1. The van der Waals surface area contributed by atoms with E-state index in [4.69, 9.17) is 9.47 Å². The Bertz CT molecular complexity index is 1760. The summed E-state index contributed by atoms with van der Waals surface area (Å²) >= 11 is 0. The molecule has 0 atom stereocenters. The first-order chi connectivity index (χ1) is 21.9. The predicted molar refractivity (Wildman–Crippen MR) is 178 cm³/mol. The fraction of sp³-hybridized carbons (Fsp3) is 0.250. The van der Waals surface area contributed by atoms with Crippen molar-refractivity contribution in [3.8, 4) is 11.5 Å². The number of ether oxygens (including phenoxy) is 2. The normalized spacial score (nSPS) is 11.1. The lowest BCUT2D eigenvalue weighted by Gasteiger charge is -2.25. The second kappa shape index (κ2) is 14.6. The average Bonchev–Trinajstić information content (AvgIpc) is 3.04. The van der Waals surface area contributed by atoms with Gasteiger partial charge in [0.25, 0.3) is 0 Å². The molecule has 0 saturated heterocycles. The molecule has 5 rings (SSSR count). The van der Waals surface area contributed by atoms with Crippen LogP contribution in [0.25, 0.3) is 10.8 Å². The van der Waals surface area contributed by atoms with Gasteiger partial charge in [-0.25, -0.2) is 19.1 Å². The molecule has 1 aromatic heterocycles. The van der Waals surface area contributed by atoms with Gasteiger partial charge in [0.1, 0.15) is 11.6 Å². The fourth-order valence-corrected chi connectivity index (χ4v) is 5.20. The average molecular weight is 608 g/mol. The molecular weight excluding hydrogens is 569 g/mol. The minimum atomic E-state index is -0.624. The number of para-hydroxylation sites is 1. The number of aryl methyl sites for hydroxylation is 2. The molecule has 9 heteroatoms. The number of carbonyl (C=O) groups is 1. The third-order valence-corrected chi connectivity index (χ3v) is 7.60. The highest BCUT2D eigenvalue weighted by Gasteiger charge is 2.25. The molecule has 45 heavy (non-hydrogen) atoms. The molecular formula is C36H38FN5O3. The zero-order valence-electron chi connectivity index (χ0n) is 26.1. The van der Waals surface area contributed by atoms with E-state index in [0.717, 1.165) is 48.0 Å². The van der Waals surface area contributed by atoms with E-state index in [-0.39, 0.29) is 11.7 Å². The molecule has 0 unspecified atom stereocenters. The molecule has 0 aliphatic carbocycles. The van der Waals surface area contributed by atoms with Gasteiger partial charge >= 0.3 is 6.09 Å². The smallest absolute Gasteiger partial charge is 0.425 e. The fourth-order valence-electron chi connectivity index (χ4n) is 5.20. The number of benzene rings is 4. The Hall–Kier alpha value is -5.02. The number of rotatable bonds is 12. The molecule has 4 aromatic carbocycles. The van der Waals surface area contributed by atoms with E-state index in [9.17, 15) is 9.18 Å². The number of carbonyl (C=O) groups excluding carboxylic acids is 1. The number of amides is 1. The molecule has 5 aromatic rings. The van der Waals surface area contributed by atoms with Gasteiger partial charge in [-0.3, -0.25) is 0 Å². The van der Waals surface area contributed by atoms with Gasteiger partial charge in [0, 0.05) is 30.6 Å². The second-order valence-corrected chi connectivity index (χ2v) is 10.7. The lowest BCUT2D eigenvalue weighted by atomic mass is 10.1. The molecule has 0 fully saturated rings. The van der Waals surface area contributed by atoms with Crippen LogP contribution in [0.15, 0.2) is 91.1 Å². The standard InChI is InChI=1S/C36H38FN5O3/c1-5-41(6-2)21-10-22-44-32-18-16-29(24-31(32)37)39-35-38-20-19-33(40-35)42(34-25(3)11-9-12-26(34)4)36(43)45-30-17-15-27-13-7-8-14-28(27)23-30/h7-9,11-20,23-24H,5-6,10,21-22H2,1-4H3,(H,38,39,40). The van der Waals surface area contributed by atoms with E-state index in [1.54, 1.807) is 24.3 Å². The van der Waals surface area contributed by atoms with E-state index < -0.39 is 11.9 Å². The minimum absolute atomic E-state index is 0.187. The summed E-state index contributed by atoms with van der Waals surface area (Å²) in [4.78, 5) is 26.5. The maximum absolute atomic E-state index is 14.9. The predicted octanol–water partition coefficient (Wildman–Crippen LogP) is 8.58. The van der Waals surface area contributed by atoms with E-state index >= 15 is 0 Å². The lowest BCUT2D eigenvalue weighted by Crippen LogP contribution is -2.31. The largest absolute Gasteiger partial charge is 0.490 e. The molecule has 0 radical (unpaired) electrons. The molecule has 1 heterocycles. The van der Waals surface area contributed by atoms with Gasteiger partial charge in [-0.15, -0.1) is 0 Å². The van der Waals surface area contributed by atoms with Gasteiger partial charge in [-0.05, 0) is 79.5 Å². The Morgan fingerprint density at radius 3 is 2.38 bits per heavy atom. The first kappa shape index (κ1) is 31.4. The van der Waals surface area contributed by atoms with Crippen LogP contribution in [0, 0.1) is 19.7 Å². The van der Waals surface area contributed by atoms with Gasteiger partial charge in [0.2, 0.25) is 5.95 Å². The number of halogens is 1. The topological polar surface area (TPSA) is 79.8 Å². The van der Waals surface area contributed by atoms with Crippen molar-refractivity contribution >= 4 is 40.0 Å². The summed E-state index contributed by atoms with van der Waals surface area (Å²) in [5, 5.41) is 5.05. The van der Waals surface area contributed by atoms with E-state index in [1.165, 1.54) is 17.2 Å². The van der Waals surface area contributed by atoms with E-state index in [0.29, 0.717) is 29.5 Å². The Balaban J connectivity index is 1.36. The van der Waals surface area contributed by atoms with Crippen LogP contribution in [-0.4, -0.2) is 47.2 Å². The van der Waals surface area contributed by atoms with Crippen molar-refractivity contribution in [2.24, 2.45) is 0 Å². The molecule has 0 aliphatic heterocycles. The monoisotopic (exact) mass is 607 g/mol. The van der Waals surface area contributed by atoms with Crippen molar-refractivity contribution in [2.75, 3.05) is 36.5 Å². The quantitative estimate of drug-likeness (QED) is 0.142. The number of aromatic nitrogens is 2. The summed E-state index contributed by atoms with van der Waals surface area (Å²) in [6.45, 7) is 11.4. The summed E-state index contributed by atoms with van der Waals surface area (Å²) < 4.78 is 26.5. The maximum Gasteiger partial charge on any atom is 0.425 e. The minimum Gasteiger partial charge on any atom is -0.490 e. The highest BCUT2D eigenvalue weighted by atomic mass is 19.1. The molecule has 0 saturated carbocycles. The Morgan fingerprint density at radius 1 is 0.889 bits per heavy atom. The van der Waals surface area contributed by atoms with Crippen molar-refractivity contribution < 1.29 is 18.7 Å². The van der Waals surface area contributed by atoms with Crippen LogP contribution in [0.4, 0.5) is 32.3 Å². The van der Waals surface area contributed by atoms with Crippen LogP contribution >= 0.6 is 0 Å². The molecule has 0 spiro atoms. The van der Waals surface area contributed by atoms with Crippen molar-refractivity contribution in [3.05, 3.63) is 108 Å². The molecule has 8 nitrogen and oxygen atoms in total. The van der Waals surface area contributed by atoms with Crippen molar-refractivity contribution in [2.45, 2.75) is 34.1 Å². The zero-order valence-corrected chi connectivity index (χ0v) is 26.1. The van der Waals surface area contributed by atoms with Crippen LogP contribution in [0.1, 0.15) is 31.4 Å². The van der Waals surface area contributed by atoms with Crippen LogP contribution in [0.5, 0.6) is 11.5 Å². The van der Waals surface area contributed by atoms with Crippen molar-refractivity contribution in [1.82, 2.24) is 14.9 Å². The van der Waals surface area contributed by atoms with Gasteiger partial charge in [-0.2, -0.15) is 4.98 Å². The van der Waals surface area contributed by atoms with Crippen LogP contribution in [0.3, 0.4) is 0 Å². The van der Waals surface area contributed by atoms with E-state index in [2.05, 4.69) is 34.0 Å². The molecule has 0 bridgehead atoms. The molecule has 1 amide bonds. The lowest BCUT2D eigenvalue weighted by molar-refractivity contribution is 0.210. The van der Waals surface area contributed by atoms with Gasteiger partial charge in [0.15, 0.2) is 11.6 Å². The summed E-state index contributed by atoms with van der Waals surface area (Å²) in [7, 11) is 0. The molecule has 1 N–H and O–H groups in total. The zero-order chi connectivity index (χ0) is 31.8. The number of nitrogens with one attached hydrogen (secondary N) is 1. The second-order valence-electron chi connectivity index (χ2n) is 10.7. The number of fused-ring (bicyclic) bond motifs is 1. The summed E-state index contributed by atoms with van der Waals surface area (Å²) in [5.74, 6) is 0.592. The Labute approximate surface area is 263 Å². The summed E-state index contributed by atoms with van der Waals surface area (Å²) in [6, 6.07) is 25.4. The third-order valence-electron chi connectivity index (χ3n) is 7.60. The number of nitrogens with zero attached hydrogens (tertiary/aromatic N) is 4. The summed E-state index contributed by atoms with van der Waals surface area (Å²) in [6.07, 6.45) is 1.72. The maximum atomic E-state index is 14.9. The van der Waals surface area contributed by atoms with Gasteiger partial charge in [0.05, 0.1) is 12.3 Å². The van der Waals surface area contributed by atoms with E-state index in [1.807, 2.05) is 68.4 Å². The van der Waals surface area contributed by atoms with Crippen LogP contribution in [-0.2, 0) is 0 Å². The first-order valence-electron chi connectivity index (χ1n) is 15.2. The third kappa shape index (κ3) is 7.74. The van der Waals surface area contributed by atoms with Crippen LogP contribution < -0.4 is 19.7 Å². The van der Waals surface area contributed by atoms with Crippen molar-refractivity contribution in [1.29, 1.82) is 0 Å². The van der Waals surface area contributed by atoms with Gasteiger partial charge in [-0.1, -0.05) is 62.4 Å². The SMILES string of the molecule is CCN(CC)CCCOc1ccc(Nc2nccc(N(C(=O)Oc3ccc4ccccc4c3)c3c(C)cccc3C)n2)cc1F. The molecule has 232 valence electrons. The first-order valence-corrected chi connectivity index (χ1v) is 15.2. The highest BCUT2D eigenvalue weighted by Crippen LogP contribution is 2.33.